The molecule has 0 aromatic rings. The Labute approximate surface area is 129 Å². The summed E-state index contributed by atoms with van der Waals surface area (Å²) >= 11 is 0. The summed E-state index contributed by atoms with van der Waals surface area (Å²) in [6.45, 7) is 4.90. The summed E-state index contributed by atoms with van der Waals surface area (Å²) in [6.07, 6.45) is 10.7. The second kappa shape index (κ2) is 4.71. The molecule has 4 aliphatic rings. The van der Waals surface area contributed by atoms with Crippen molar-refractivity contribution in [2.45, 2.75) is 83.8 Å². The van der Waals surface area contributed by atoms with Crippen LogP contribution in [0.4, 0.5) is 0 Å². The van der Waals surface area contributed by atoms with Crippen molar-refractivity contribution in [3.8, 4) is 0 Å². The minimum Gasteiger partial charge on any atom is -0.393 e. The lowest BCUT2D eigenvalue weighted by molar-refractivity contribution is -0.133. The van der Waals surface area contributed by atoms with Gasteiger partial charge in [0.2, 0.25) is 0 Å². The number of fused-ring (bicyclic) bond motifs is 5. The monoisotopic (exact) mass is 292 g/mol. The zero-order valence-corrected chi connectivity index (χ0v) is 13.7. The van der Waals surface area contributed by atoms with E-state index >= 15 is 0 Å². The van der Waals surface area contributed by atoms with Gasteiger partial charge in [-0.1, -0.05) is 13.8 Å². The van der Waals surface area contributed by atoms with Crippen LogP contribution in [-0.4, -0.2) is 22.4 Å². The molecule has 4 saturated carbocycles. The third-order valence-corrected chi connectivity index (χ3v) is 8.59. The minimum atomic E-state index is -0.0536. The van der Waals surface area contributed by atoms with Crippen LogP contribution in [-0.2, 0) is 0 Å². The average molecular weight is 292 g/mol. The van der Waals surface area contributed by atoms with Crippen molar-refractivity contribution in [3.05, 3.63) is 0 Å². The first-order chi connectivity index (χ1) is 9.95. The molecule has 21 heavy (non-hydrogen) atoms. The molecule has 4 aliphatic carbocycles. The van der Waals surface area contributed by atoms with Crippen LogP contribution in [0.25, 0.3) is 0 Å². The third kappa shape index (κ3) is 1.91. The molecule has 120 valence electrons. The van der Waals surface area contributed by atoms with Crippen molar-refractivity contribution in [1.29, 1.82) is 0 Å². The Kier molecular flexibility index (Phi) is 3.25. The number of aliphatic hydroxyl groups excluding tert-OH is 2. The lowest BCUT2D eigenvalue weighted by atomic mass is 9.45. The van der Waals surface area contributed by atoms with Crippen molar-refractivity contribution in [1.82, 2.24) is 0 Å². The first-order valence-electron chi connectivity index (χ1n) is 9.31. The van der Waals surface area contributed by atoms with Crippen molar-refractivity contribution >= 4 is 0 Å². The molecule has 0 aromatic heterocycles. The van der Waals surface area contributed by atoms with Gasteiger partial charge < -0.3 is 10.2 Å². The average Bonchev–Trinajstić information content (AvgIpc) is 2.76. The molecule has 0 saturated heterocycles. The largest absolute Gasteiger partial charge is 0.393 e. The Morgan fingerprint density at radius 2 is 1.48 bits per heavy atom. The van der Waals surface area contributed by atoms with Crippen LogP contribution in [0.5, 0.6) is 0 Å². The number of hydrogen-bond donors (Lipinski definition) is 2. The highest BCUT2D eigenvalue weighted by Gasteiger charge is 2.59. The highest BCUT2D eigenvalue weighted by molar-refractivity contribution is 5.09. The number of rotatable bonds is 0. The summed E-state index contributed by atoms with van der Waals surface area (Å²) in [4.78, 5) is 0. The van der Waals surface area contributed by atoms with E-state index in [2.05, 4.69) is 13.8 Å². The van der Waals surface area contributed by atoms with E-state index in [0.29, 0.717) is 5.41 Å². The fourth-order valence-electron chi connectivity index (χ4n) is 7.21. The SMILES string of the molecule is C[C@]12CCC(O)CC1CC[C@@H]1[C@H]2CC[C@]2(C)C(O)CC[C@@H]12. The highest BCUT2D eigenvalue weighted by Crippen LogP contribution is 2.66. The van der Waals surface area contributed by atoms with E-state index in [4.69, 9.17) is 0 Å². The van der Waals surface area contributed by atoms with E-state index < -0.39 is 0 Å². The molecule has 0 bridgehead atoms. The Morgan fingerprint density at radius 1 is 0.762 bits per heavy atom. The molecule has 4 rings (SSSR count). The second-order valence-electron chi connectivity index (χ2n) is 9.22. The van der Waals surface area contributed by atoms with E-state index in [-0.39, 0.29) is 17.6 Å². The van der Waals surface area contributed by atoms with Gasteiger partial charge >= 0.3 is 0 Å². The molecular weight excluding hydrogens is 260 g/mol. The Morgan fingerprint density at radius 3 is 2.29 bits per heavy atom. The topological polar surface area (TPSA) is 40.5 Å². The van der Waals surface area contributed by atoms with Gasteiger partial charge in [0.15, 0.2) is 0 Å². The molecule has 0 spiro atoms. The van der Waals surface area contributed by atoms with Crippen molar-refractivity contribution in [3.63, 3.8) is 0 Å². The molecular formula is C19H32O2. The highest BCUT2D eigenvalue weighted by atomic mass is 16.3. The van der Waals surface area contributed by atoms with Gasteiger partial charge in [0.1, 0.15) is 0 Å². The van der Waals surface area contributed by atoms with Gasteiger partial charge in [-0.25, -0.2) is 0 Å². The molecule has 3 unspecified atom stereocenters. The minimum absolute atomic E-state index is 0.0400. The maximum absolute atomic E-state index is 10.5. The van der Waals surface area contributed by atoms with E-state index in [1.807, 2.05) is 0 Å². The zero-order chi connectivity index (χ0) is 14.8. The van der Waals surface area contributed by atoms with Gasteiger partial charge in [-0.15, -0.1) is 0 Å². The maximum Gasteiger partial charge on any atom is 0.0596 e. The lowest BCUT2D eigenvalue weighted by Gasteiger charge is -2.60. The molecule has 0 aliphatic heterocycles. The fraction of sp³-hybridized carbons (Fsp3) is 1.00. The quantitative estimate of drug-likeness (QED) is 0.714. The van der Waals surface area contributed by atoms with Crippen LogP contribution in [0.15, 0.2) is 0 Å². The first kappa shape index (κ1) is 14.5. The first-order valence-corrected chi connectivity index (χ1v) is 9.31. The number of aliphatic hydroxyl groups is 2. The van der Waals surface area contributed by atoms with Crippen LogP contribution in [0.2, 0.25) is 0 Å². The van der Waals surface area contributed by atoms with Crippen LogP contribution in [0, 0.1) is 34.5 Å². The van der Waals surface area contributed by atoms with Crippen LogP contribution in [0.1, 0.15) is 71.6 Å². The molecule has 4 fully saturated rings. The van der Waals surface area contributed by atoms with E-state index in [1.54, 1.807) is 0 Å². The second-order valence-corrected chi connectivity index (χ2v) is 9.22. The summed E-state index contributed by atoms with van der Waals surface area (Å²) in [5, 5.41) is 20.5. The van der Waals surface area contributed by atoms with E-state index in [1.165, 1.54) is 38.5 Å². The standard InChI is InChI=1S/C19H32O2/c1-18-9-7-13(20)11-12(18)3-4-14-15-5-6-17(21)19(15,2)10-8-16(14)18/h12-17,20-21H,3-11H2,1-2H3/t12?,13?,14-,15-,16+,17?,18-,19-/m0/s1. The maximum atomic E-state index is 10.5. The van der Waals surface area contributed by atoms with Gasteiger partial charge in [0.05, 0.1) is 12.2 Å². The fourth-order valence-corrected chi connectivity index (χ4v) is 7.21. The molecule has 2 heteroatoms. The summed E-state index contributed by atoms with van der Waals surface area (Å²) in [5.41, 5.74) is 0.676. The van der Waals surface area contributed by atoms with Gasteiger partial charge in [-0.05, 0) is 92.3 Å². The third-order valence-electron chi connectivity index (χ3n) is 8.59. The van der Waals surface area contributed by atoms with E-state index in [9.17, 15) is 10.2 Å². The molecule has 0 radical (unpaired) electrons. The number of hydrogen-bond acceptors (Lipinski definition) is 2. The summed E-state index contributed by atoms with van der Waals surface area (Å²) in [7, 11) is 0. The molecule has 0 amide bonds. The predicted octanol–water partition coefficient (Wildman–Crippen LogP) is 3.75. The van der Waals surface area contributed by atoms with Crippen molar-refractivity contribution in [2.24, 2.45) is 34.5 Å². The normalized spacial score (nSPS) is 60.0. The van der Waals surface area contributed by atoms with Crippen molar-refractivity contribution in [2.75, 3.05) is 0 Å². The Hall–Kier alpha value is -0.0800. The van der Waals surface area contributed by atoms with Crippen LogP contribution in [0.3, 0.4) is 0 Å². The molecule has 0 heterocycles. The van der Waals surface area contributed by atoms with Gasteiger partial charge in [-0.3, -0.25) is 0 Å². The molecule has 2 N–H and O–H groups in total. The lowest BCUT2D eigenvalue weighted by Crippen LogP contribution is -2.54. The summed E-state index contributed by atoms with van der Waals surface area (Å²) in [5.74, 6) is 3.21. The zero-order valence-electron chi connectivity index (χ0n) is 13.7. The smallest absolute Gasteiger partial charge is 0.0596 e. The van der Waals surface area contributed by atoms with Crippen LogP contribution >= 0.6 is 0 Å². The van der Waals surface area contributed by atoms with Gasteiger partial charge in [0, 0.05) is 0 Å². The summed E-state index contributed by atoms with van der Waals surface area (Å²) in [6, 6.07) is 0. The Bertz CT molecular complexity index is 422. The van der Waals surface area contributed by atoms with E-state index in [0.717, 1.165) is 42.9 Å². The van der Waals surface area contributed by atoms with Gasteiger partial charge in [-0.2, -0.15) is 0 Å². The molecule has 2 nitrogen and oxygen atoms in total. The molecule has 0 aromatic carbocycles. The Balaban J connectivity index is 1.62. The molecule has 8 atom stereocenters. The summed E-state index contributed by atoms with van der Waals surface area (Å²) < 4.78 is 0. The van der Waals surface area contributed by atoms with Crippen molar-refractivity contribution < 1.29 is 10.2 Å². The predicted molar refractivity (Wildman–Crippen MR) is 83.7 cm³/mol. The van der Waals surface area contributed by atoms with Crippen LogP contribution < -0.4 is 0 Å². The van der Waals surface area contributed by atoms with Gasteiger partial charge in [0.25, 0.3) is 0 Å².